The first kappa shape index (κ1) is 15.9. The van der Waals surface area contributed by atoms with Gasteiger partial charge in [0.05, 0.1) is 31.5 Å². The third-order valence-corrected chi connectivity index (χ3v) is 4.41. The van der Waals surface area contributed by atoms with Gasteiger partial charge in [0, 0.05) is 17.7 Å². The summed E-state index contributed by atoms with van der Waals surface area (Å²) in [5, 5.41) is 10.9. The number of benzene rings is 2. The SMILES string of the molecule is CCOc1c(Br)cc(-c2nc3ccc([N+](=O)[O-])cc3[nH]2)cc1Br. The van der Waals surface area contributed by atoms with E-state index in [9.17, 15) is 10.1 Å². The predicted molar refractivity (Wildman–Crippen MR) is 94.8 cm³/mol. The van der Waals surface area contributed by atoms with Crippen molar-refractivity contribution in [3.8, 4) is 17.1 Å². The first-order valence-electron chi connectivity index (χ1n) is 6.76. The summed E-state index contributed by atoms with van der Waals surface area (Å²) in [5.74, 6) is 1.35. The van der Waals surface area contributed by atoms with Gasteiger partial charge in [-0.15, -0.1) is 0 Å². The molecule has 0 fully saturated rings. The van der Waals surface area contributed by atoms with Crippen LogP contribution in [0.1, 0.15) is 6.92 Å². The van der Waals surface area contributed by atoms with E-state index in [0.29, 0.717) is 23.5 Å². The number of nitrogens with zero attached hydrogens (tertiary/aromatic N) is 2. The van der Waals surface area contributed by atoms with Gasteiger partial charge in [-0.05, 0) is 57.0 Å². The maximum absolute atomic E-state index is 10.9. The number of nitro groups is 1. The van der Waals surface area contributed by atoms with Gasteiger partial charge in [-0.25, -0.2) is 4.98 Å². The van der Waals surface area contributed by atoms with Gasteiger partial charge in [0.2, 0.25) is 0 Å². The fourth-order valence-electron chi connectivity index (χ4n) is 2.23. The molecule has 1 heterocycles. The summed E-state index contributed by atoms with van der Waals surface area (Å²) >= 11 is 6.97. The molecule has 1 aromatic heterocycles. The summed E-state index contributed by atoms with van der Waals surface area (Å²) < 4.78 is 7.16. The number of ether oxygens (including phenoxy) is 1. The Hall–Kier alpha value is -1.93. The Morgan fingerprint density at radius 1 is 1.26 bits per heavy atom. The minimum Gasteiger partial charge on any atom is -0.492 e. The number of non-ortho nitro benzene ring substituents is 1. The van der Waals surface area contributed by atoms with Crippen molar-refractivity contribution in [2.24, 2.45) is 0 Å². The zero-order valence-corrected chi connectivity index (χ0v) is 15.1. The molecule has 0 bridgehead atoms. The monoisotopic (exact) mass is 439 g/mol. The molecule has 0 atom stereocenters. The second-order valence-corrected chi connectivity index (χ2v) is 6.45. The highest BCUT2D eigenvalue weighted by Crippen LogP contribution is 2.37. The smallest absolute Gasteiger partial charge is 0.271 e. The van der Waals surface area contributed by atoms with Crippen molar-refractivity contribution < 1.29 is 9.66 Å². The van der Waals surface area contributed by atoms with Gasteiger partial charge in [0.25, 0.3) is 5.69 Å². The van der Waals surface area contributed by atoms with Crippen molar-refractivity contribution in [2.75, 3.05) is 6.61 Å². The van der Waals surface area contributed by atoms with Gasteiger partial charge in [0.1, 0.15) is 11.6 Å². The van der Waals surface area contributed by atoms with Gasteiger partial charge < -0.3 is 9.72 Å². The predicted octanol–water partition coefficient (Wildman–Crippen LogP) is 5.06. The lowest BCUT2D eigenvalue weighted by atomic mass is 10.2. The molecule has 0 spiro atoms. The summed E-state index contributed by atoms with van der Waals surface area (Å²) in [5.41, 5.74) is 2.16. The number of nitro benzene ring substituents is 1. The highest BCUT2D eigenvalue weighted by atomic mass is 79.9. The maximum atomic E-state index is 10.9. The molecular formula is C15H11Br2N3O3. The van der Waals surface area contributed by atoms with E-state index in [1.807, 2.05) is 19.1 Å². The quantitative estimate of drug-likeness (QED) is 0.454. The van der Waals surface area contributed by atoms with Crippen LogP contribution in [0.3, 0.4) is 0 Å². The standard InChI is InChI=1S/C15H11Br2N3O3/c1-2-23-14-10(16)5-8(6-11(14)17)15-18-12-4-3-9(20(21)22)7-13(12)19-15/h3-7H,2H2,1H3,(H,18,19). The van der Waals surface area contributed by atoms with Crippen molar-refractivity contribution in [1.29, 1.82) is 0 Å². The van der Waals surface area contributed by atoms with Crippen LogP contribution in [0.5, 0.6) is 5.75 Å². The summed E-state index contributed by atoms with van der Waals surface area (Å²) in [6, 6.07) is 8.33. The van der Waals surface area contributed by atoms with Crippen molar-refractivity contribution >= 4 is 48.6 Å². The summed E-state index contributed by atoms with van der Waals surface area (Å²) in [7, 11) is 0. The molecule has 0 unspecified atom stereocenters. The largest absolute Gasteiger partial charge is 0.492 e. The van der Waals surface area contributed by atoms with Crippen LogP contribution in [0.2, 0.25) is 0 Å². The van der Waals surface area contributed by atoms with E-state index < -0.39 is 4.92 Å². The van der Waals surface area contributed by atoms with Crippen LogP contribution in [0.15, 0.2) is 39.3 Å². The second kappa shape index (κ2) is 6.29. The van der Waals surface area contributed by atoms with Crippen molar-refractivity contribution in [3.63, 3.8) is 0 Å². The maximum Gasteiger partial charge on any atom is 0.271 e. The lowest BCUT2D eigenvalue weighted by molar-refractivity contribution is -0.384. The molecule has 0 aliphatic rings. The number of halogens is 2. The number of fused-ring (bicyclic) bond motifs is 1. The Balaban J connectivity index is 2.08. The van der Waals surface area contributed by atoms with E-state index in [2.05, 4.69) is 41.8 Å². The lowest BCUT2D eigenvalue weighted by Gasteiger charge is -2.09. The van der Waals surface area contributed by atoms with Gasteiger partial charge >= 0.3 is 0 Å². The van der Waals surface area contributed by atoms with Crippen molar-refractivity contribution in [1.82, 2.24) is 9.97 Å². The molecule has 8 heteroatoms. The van der Waals surface area contributed by atoms with Crippen LogP contribution in [0, 0.1) is 10.1 Å². The van der Waals surface area contributed by atoms with E-state index in [1.54, 1.807) is 6.07 Å². The fourth-order valence-corrected chi connectivity index (χ4v) is 3.64. The highest BCUT2D eigenvalue weighted by Gasteiger charge is 2.14. The minimum absolute atomic E-state index is 0.0294. The van der Waals surface area contributed by atoms with Gasteiger partial charge in [-0.2, -0.15) is 0 Å². The Kier molecular flexibility index (Phi) is 4.36. The summed E-state index contributed by atoms with van der Waals surface area (Å²) in [6.45, 7) is 2.48. The lowest BCUT2D eigenvalue weighted by Crippen LogP contribution is -1.94. The molecule has 0 saturated carbocycles. The van der Waals surface area contributed by atoms with E-state index in [1.165, 1.54) is 12.1 Å². The summed E-state index contributed by atoms with van der Waals surface area (Å²) in [6.07, 6.45) is 0. The molecule has 2 aromatic carbocycles. The molecule has 0 aliphatic heterocycles. The molecule has 23 heavy (non-hydrogen) atoms. The first-order valence-corrected chi connectivity index (χ1v) is 8.34. The zero-order valence-electron chi connectivity index (χ0n) is 12.0. The third kappa shape index (κ3) is 3.09. The van der Waals surface area contributed by atoms with E-state index >= 15 is 0 Å². The molecule has 0 aliphatic carbocycles. The number of rotatable bonds is 4. The number of aromatic amines is 1. The first-order chi connectivity index (χ1) is 11.0. The van der Waals surface area contributed by atoms with Crippen LogP contribution in [-0.4, -0.2) is 21.5 Å². The normalized spacial score (nSPS) is 10.9. The van der Waals surface area contributed by atoms with Crippen molar-refractivity contribution in [2.45, 2.75) is 6.92 Å². The van der Waals surface area contributed by atoms with Crippen LogP contribution < -0.4 is 4.74 Å². The summed E-state index contributed by atoms with van der Waals surface area (Å²) in [4.78, 5) is 18.0. The molecule has 3 aromatic rings. The molecule has 3 rings (SSSR count). The number of imidazole rings is 1. The molecule has 6 nitrogen and oxygen atoms in total. The minimum atomic E-state index is -0.427. The Bertz CT molecular complexity index is 885. The number of nitrogens with one attached hydrogen (secondary N) is 1. The number of hydrogen-bond acceptors (Lipinski definition) is 4. The zero-order chi connectivity index (χ0) is 16.6. The van der Waals surface area contributed by atoms with Crippen LogP contribution in [0.25, 0.3) is 22.4 Å². The fraction of sp³-hybridized carbons (Fsp3) is 0.133. The molecule has 118 valence electrons. The average Bonchev–Trinajstić information content (AvgIpc) is 2.93. The molecule has 1 N–H and O–H groups in total. The molecule has 0 amide bonds. The van der Waals surface area contributed by atoms with Crippen LogP contribution in [-0.2, 0) is 0 Å². The average molecular weight is 441 g/mol. The Labute approximate surface area is 148 Å². The Morgan fingerprint density at radius 2 is 1.96 bits per heavy atom. The van der Waals surface area contributed by atoms with E-state index in [4.69, 9.17) is 4.74 Å². The van der Waals surface area contributed by atoms with Gasteiger partial charge in [-0.1, -0.05) is 0 Å². The third-order valence-electron chi connectivity index (χ3n) is 3.24. The topological polar surface area (TPSA) is 81.1 Å². The molecule has 0 radical (unpaired) electrons. The number of H-pyrrole nitrogens is 1. The van der Waals surface area contributed by atoms with Crippen LogP contribution >= 0.6 is 31.9 Å². The van der Waals surface area contributed by atoms with Crippen molar-refractivity contribution in [3.05, 3.63) is 49.4 Å². The molecular weight excluding hydrogens is 430 g/mol. The number of hydrogen-bond donors (Lipinski definition) is 1. The van der Waals surface area contributed by atoms with Crippen LogP contribution in [0.4, 0.5) is 5.69 Å². The molecule has 0 saturated heterocycles. The number of aromatic nitrogens is 2. The van der Waals surface area contributed by atoms with Gasteiger partial charge in [-0.3, -0.25) is 10.1 Å². The second-order valence-electron chi connectivity index (χ2n) is 4.75. The highest BCUT2D eigenvalue weighted by molar-refractivity contribution is 9.11. The van der Waals surface area contributed by atoms with E-state index in [-0.39, 0.29) is 5.69 Å². The van der Waals surface area contributed by atoms with Gasteiger partial charge in [0.15, 0.2) is 0 Å². The Morgan fingerprint density at radius 3 is 2.57 bits per heavy atom. The van der Waals surface area contributed by atoms with E-state index in [0.717, 1.165) is 20.3 Å².